The van der Waals surface area contributed by atoms with Crippen LogP contribution in [0.2, 0.25) is 0 Å². The number of rotatable bonds is 11. The number of hydrogen-bond acceptors (Lipinski definition) is 2. The quantitative estimate of drug-likeness (QED) is 0.130. The normalized spacial score (nSPS) is 11.7. The van der Waals surface area contributed by atoms with Crippen molar-refractivity contribution < 1.29 is 0 Å². The Labute approximate surface area is 344 Å². The molecule has 0 heterocycles. The van der Waals surface area contributed by atoms with E-state index in [0.29, 0.717) is 0 Å². The number of anilines is 4. The molecule has 282 valence electrons. The maximum Gasteiger partial charge on any atom is 0.0456 e. The first-order valence-corrected chi connectivity index (χ1v) is 20.0. The Morgan fingerprint density at radius 1 is 0.276 bits per heavy atom. The Morgan fingerprint density at radius 3 is 0.810 bits per heavy atom. The molecule has 8 rings (SSSR count). The van der Waals surface area contributed by atoms with Crippen LogP contribution in [0.25, 0.3) is 22.3 Å². The molecule has 0 aliphatic carbocycles. The molecule has 0 radical (unpaired) electrons. The minimum atomic E-state index is 1.09. The van der Waals surface area contributed by atoms with Crippen LogP contribution in [-0.2, 0) is 0 Å². The molecule has 0 N–H and O–H groups in total. The molecule has 0 aliphatic heterocycles. The van der Waals surface area contributed by atoms with Crippen LogP contribution >= 0.6 is 0 Å². The highest BCUT2D eigenvalue weighted by Crippen LogP contribution is 2.36. The van der Waals surface area contributed by atoms with Crippen molar-refractivity contribution in [3.8, 4) is 11.1 Å². The Hall–Kier alpha value is -7.16. The minimum absolute atomic E-state index is 1.09. The average Bonchev–Trinajstić information content (AvgIpc) is 3.27. The molecule has 0 bridgehead atoms. The summed E-state index contributed by atoms with van der Waals surface area (Å²) < 4.78 is 0. The molecule has 0 saturated heterocycles. The van der Waals surface area contributed by atoms with Gasteiger partial charge in [-0.05, 0) is 110 Å². The highest BCUT2D eigenvalue weighted by Gasteiger charge is 2.15. The first-order chi connectivity index (χ1) is 28.4. The van der Waals surface area contributed by atoms with Crippen molar-refractivity contribution in [2.45, 2.75) is 27.7 Å². The van der Waals surface area contributed by atoms with Crippen molar-refractivity contribution in [2.24, 2.45) is 0 Å². The van der Waals surface area contributed by atoms with E-state index in [1.54, 1.807) is 0 Å². The van der Waals surface area contributed by atoms with E-state index in [-0.39, 0.29) is 0 Å². The summed E-state index contributed by atoms with van der Waals surface area (Å²) in [5.41, 5.74) is 18.7. The van der Waals surface area contributed by atoms with E-state index in [1.807, 2.05) is 0 Å². The van der Waals surface area contributed by atoms with Gasteiger partial charge in [0.25, 0.3) is 0 Å². The average molecular weight is 749 g/mol. The molecular formula is C56H48N2. The SMILES string of the molecule is Cc1ccc(C(=CN(c2ccc(C)cc2)c2ccc(-c3ccc(N(C=C(c4ccccc4)c4ccc(C)cc4)c4ccc(C)cc4)cc3)cc2)c2ccccc2)cc1. The fourth-order valence-electron chi connectivity index (χ4n) is 7.23. The highest BCUT2D eigenvalue weighted by molar-refractivity contribution is 5.86. The van der Waals surface area contributed by atoms with Gasteiger partial charge in [-0.15, -0.1) is 0 Å². The van der Waals surface area contributed by atoms with Crippen LogP contribution in [0.1, 0.15) is 44.5 Å². The lowest BCUT2D eigenvalue weighted by Gasteiger charge is -2.24. The maximum absolute atomic E-state index is 2.30. The van der Waals surface area contributed by atoms with Gasteiger partial charge >= 0.3 is 0 Å². The summed E-state index contributed by atoms with van der Waals surface area (Å²) in [7, 11) is 0. The lowest BCUT2D eigenvalue weighted by Crippen LogP contribution is -2.10. The fourth-order valence-corrected chi connectivity index (χ4v) is 7.23. The van der Waals surface area contributed by atoms with E-state index in [1.165, 1.54) is 44.5 Å². The Kier molecular flexibility index (Phi) is 11.3. The number of benzene rings is 8. The molecule has 0 aliphatic rings. The zero-order chi connectivity index (χ0) is 39.8. The van der Waals surface area contributed by atoms with Crippen molar-refractivity contribution in [1.29, 1.82) is 0 Å². The molecular weight excluding hydrogens is 701 g/mol. The van der Waals surface area contributed by atoms with Crippen molar-refractivity contribution in [2.75, 3.05) is 9.80 Å². The fraction of sp³-hybridized carbons (Fsp3) is 0.0714. The minimum Gasteiger partial charge on any atom is -0.317 e. The summed E-state index contributed by atoms with van der Waals surface area (Å²) in [5, 5.41) is 0. The molecule has 8 aromatic carbocycles. The number of nitrogens with zero attached hydrogens (tertiary/aromatic N) is 2. The van der Waals surface area contributed by atoms with Crippen molar-refractivity contribution in [3.05, 3.63) is 263 Å². The second-order valence-corrected chi connectivity index (χ2v) is 15.1. The molecule has 8 aromatic rings. The summed E-state index contributed by atoms with van der Waals surface area (Å²) >= 11 is 0. The van der Waals surface area contributed by atoms with Gasteiger partial charge in [-0.2, -0.15) is 0 Å². The number of aryl methyl sites for hydroxylation is 4. The van der Waals surface area contributed by atoms with E-state index in [9.17, 15) is 0 Å². The van der Waals surface area contributed by atoms with E-state index in [4.69, 9.17) is 0 Å². The van der Waals surface area contributed by atoms with Crippen LogP contribution < -0.4 is 9.80 Å². The molecule has 0 amide bonds. The third-order valence-corrected chi connectivity index (χ3v) is 10.7. The van der Waals surface area contributed by atoms with Gasteiger partial charge in [0.2, 0.25) is 0 Å². The zero-order valence-electron chi connectivity index (χ0n) is 33.7. The Balaban J connectivity index is 1.16. The van der Waals surface area contributed by atoms with Gasteiger partial charge < -0.3 is 9.80 Å². The third kappa shape index (κ3) is 8.78. The molecule has 0 saturated carbocycles. The molecule has 2 heteroatoms. The predicted octanol–water partition coefficient (Wildman–Crippen LogP) is 15.0. The first-order valence-electron chi connectivity index (χ1n) is 20.0. The van der Waals surface area contributed by atoms with Gasteiger partial charge in [0.05, 0.1) is 0 Å². The van der Waals surface area contributed by atoms with Crippen molar-refractivity contribution in [3.63, 3.8) is 0 Å². The van der Waals surface area contributed by atoms with Crippen LogP contribution in [-0.4, -0.2) is 0 Å². The molecule has 2 nitrogen and oxygen atoms in total. The van der Waals surface area contributed by atoms with Crippen molar-refractivity contribution in [1.82, 2.24) is 0 Å². The van der Waals surface area contributed by atoms with Crippen LogP contribution in [0, 0.1) is 27.7 Å². The van der Waals surface area contributed by atoms with Gasteiger partial charge in [-0.25, -0.2) is 0 Å². The summed E-state index contributed by atoms with van der Waals surface area (Å²) in [6.07, 6.45) is 4.56. The van der Waals surface area contributed by atoms with E-state index < -0.39 is 0 Å². The van der Waals surface area contributed by atoms with Gasteiger partial charge in [-0.1, -0.05) is 180 Å². The third-order valence-electron chi connectivity index (χ3n) is 10.7. The van der Waals surface area contributed by atoms with E-state index >= 15 is 0 Å². The molecule has 0 unspecified atom stereocenters. The number of hydrogen-bond donors (Lipinski definition) is 0. The summed E-state index contributed by atoms with van der Waals surface area (Å²) in [6, 6.07) is 74.3. The molecule has 58 heavy (non-hydrogen) atoms. The second kappa shape index (κ2) is 17.3. The maximum atomic E-state index is 2.30. The van der Waals surface area contributed by atoms with E-state index in [0.717, 1.165) is 45.0 Å². The zero-order valence-corrected chi connectivity index (χ0v) is 33.7. The summed E-state index contributed by atoms with van der Waals surface area (Å²) in [6.45, 7) is 8.53. The van der Waals surface area contributed by atoms with Gasteiger partial charge in [-0.3, -0.25) is 0 Å². The van der Waals surface area contributed by atoms with Crippen LogP contribution in [0.15, 0.2) is 219 Å². The van der Waals surface area contributed by atoms with Crippen LogP contribution in [0.3, 0.4) is 0 Å². The molecule has 0 atom stereocenters. The topological polar surface area (TPSA) is 6.48 Å². The molecule has 0 spiro atoms. The van der Waals surface area contributed by atoms with Crippen LogP contribution in [0.4, 0.5) is 22.7 Å². The highest BCUT2D eigenvalue weighted by atomic mass is 15.1. The van der Waals surface area contributed by atoms with E-state index in [2.05, 4.69) is 256 Å². The summed E-state index contributed by atoms with van der Waals surface area (Å²) in [4.78, 5) is 4.61. The summed E-state index contributed by atoms with van der Waals surface area (Å²) in [5.74, 6) is 0. The lowest BCUT2D eigenvalue weighted by molar-refractivity contribution is 1.27. The second-order valence-electron chi connectivity index (χ2n) is 15.1. The Bertz CT molecular complexity index is 2430. The van der Waals surface area contributed by atoms with Gasteiger partial charge in [0.15, 0.2) is 0 Å². The first kappa shape index (κ1) is 37.7. The van der Waals surface area contributed by atoms with Gasteiger partial charge in [0.1, 0.15) is 0 Å². The standard InChI is InChI=1S/C56H48N2/c1-41-15-23-49(24-16-41)55(47-11-7-5-8-12-47)39-57(51-31-19-43(3)20-32-51)53-35-27-45(28-36-53)46-29-37-54(38-30-46)58(52-33-21-44(4)22-34-52)40-56(48-13-9-6-10-14-48)50-25-17-42(2)18-26-50/h5-40H,1-4H3. The molecule has 0 aromatic heterocycles. The predicted molar refractivity (Wildman–Crippen MR) is 248 cm³/mol. The van der Waals surface area contributed by atoms with Gasteiger partial charge in [0, 0.05) is 46.3 Å². The van der Waals surface area contributed by atoms with Crippen molar-refractivity contribution >= 4 is 33.9 Å². The molecule has 0 fully saturated rings. The lowest BCUT2D eigenvalue weighted by atomic mass is 9.97. The monoisotopic (exact) mass is 748 g/mol. The smallest absolute Gasteiger partial charge is 0.0456 e. The largest absolute Gasteiger partial charge is 0.317 e. The Morgan fingerprint density at radius 2 is 0.517 bits per heavy atom. The van der Waals surface area contributed by atoms with Crippen LogP contribution in [0.5, 0.6) is 0 Å².